The Hall–Kier alpha value is -1.06. The highest BCUT2D eigenvalue weighted by atomic mass is 32.1. The average Bonchev–Trinajstić information content (AvgIpc) is 2.91. The first-order valence-electron chi connectivity index (χ1n) is 7.77. The van der Waals surface area contributed by atoms with Crippen molar-refractivity contribution in [1.29, 1.82) is 0 Å². The summed E-state index contributed by atoms with van der Waals surface area (Å²) < 4.78 is 5.17. The smallest absolute Gasteiger partial charge is 0.180 e. The van der Waals surface area contributed by atoms with Gasteiger partial charge in [0.2, 0.25) is 0 Å². The molecule has 1 aliphatic carbocycles. The molecule has 0 aromatic heterocycles. The van der Waals surface area contributed by atoms with E-state index in [1.165, 1.54) is 0 Å². The number of amidine groups is 2. The van der Waals surface area contributed by atoms with Crippen LogP contribution in [-0.2, 0) is 4.74 Å². The summed E-state index contributed by atoms with van der Waals surface area (Å²) in [6.07, 6.45) is 2.68. The SMILES string of the molecule is CCN/C(S)=N/N=C1\CCC(CCOC)\C1=N/N=C(\S)NCC. The van der Waals surface area contributed by atoms with E-state index in [1.54, 1.807) is 7.11 Å². The second kappa shape index (κ2) is 11.5. The second-order valence-corrected chi connectivity index (χ2v) is 5.80. The van der Waals surface area contributed by atoms with E-state index < -0.39 is 0 Å². The lowest BCUT2D eigenvalue weighted by molar-refractivity contribution is 0.186. The molecule has 2 N–H and O–H groups in total. The fourth-order valence-electron chi connectivity index (χ4n) is 2.19. The maximum atomic E-state index is 5.17. The monoisotopic (exact) mass is 358 g/mol. The molecular weight excluding hydrogens is 332 g/mol. The van der Waals surface area contributed by atoms with Gasteiger partial charge in [0, 0.05) is 32.7 Å². The predicted molar refractivity (Wildman–Crippen MR) is 104 cm³/mol. The molecule has 0 radical (unpaired) electrons. The minimum absolute atomic E-state index is 0.276. The zero-order valence-electron chi connectivity index (χ0n) is 13.9. The van der Waals surface area contributed by atoms with E-state index in [2.05, 4.69) is 56.3 Å². The van der Waals surface area contributed by atoms with E-state index in [-0.39, 0.29) is 5.92 Å². The van der Waals surface area contributed by atoms with E-state index in [0.29, 0.717) is 16.9 Å². The number of thiol groups is 2. The lowest BCUT2D eigenvalue weighted by Crippen LogP contribution is -2.19. The zero-order valence-corrected chi connectivity index (χ0v) is 15.7. The normalized spacial score (nSPS) is 22.9. The summed E-state index contributed by atoms with van der Waals surface area (Å²) in [5, 5.41) is 23.8. The highest BCUT2D eigenvalue weighted by Crippen LogP contribution is 2.24. The molecular formula is C14H26N6OS2. The third kappa shape index (κ3) is 7.36. The van der Waals surface area contributed by atoms with Crippen molar-refractivity contribution in [1.82, 2.24) is 10.6 Å². The molecule has 9 heteroatoms. The predicted octanol–water partition coefficient (Wildman–Crippen LogP) is 1.94. The fourth-order valence-corrected chi connectivity index (χ4v) is 2.59. The van der Waals surface area contributed by atoms with Crippen LogP contribution >= 0.6 is 25.3 Å². The van der Waals surface area contributed by atoms with Gasteiger partial charge in [0.25, 0.3) is 0 Å². The van der Waals surface area contributed by atoms with E-state index in [4.69, 9.17) is 4.74 Å². The van der Waals surface area contributed by atoms with E-state index in [9.17, 15) is 0 Å². The minimum Gasteiger partial charge on any atom is -0.385 e. The Morgan fingerprint density at radius 1 is 1.13 bits per heavy atom. The number of rotatable bonds is 7. The summed E-state index contributed by atoms with van der Waals surface area (Å²) in [4.78, 5) is 0. The first-order chi connectivity index (χ1) is 11.1. The van der Waals surface area contributed by atoms with Gasteiger partial charge in [0.05, 0.1) is 11.4 Å². The van der Waals surface area contributed by atoms with Crippen LogP contribution in [0.1, 0.15) is 33.1 Å². The van der Waals surface area contributed by atoms with Crippen LogP contribution in [0.15, 0.2) is 20.4 Å². The van der Waals surface area contributed by atoms with E-state index in [1.807, 2.05) is 13.8 Å². The molecule has 130 valence electrons. The van der Waals surface area contributed by atoms with Crippen molar-refractivity contribution in [3.63, 3.8) is 0 Å². The summed E-state index contributed by atoms with van der Waals surface area (Å²) >= 11 is 8.47. The van der Waals surface area contributed by atoms with Gasteiger partial charge in [-0.25, -0.2) is 0 Å². The maximum absolute atomic E-state index is 5.17. The Morgan fingerprint density at radius 3 is 2.30 bits per heavy atom. The van der Waals surface area contributed by atoms with Crippen LogP contribution in [0.4, 0.5) is 0 Å². The standard InChI is InChI=1S/C14H26N6OS2/c1-4-15-13(22)19-17-11-7-6-10(8-9-21-3)12(11)18-20-14(23)16-5-2/h10H,4-9H2,1-3H3,(H2,15,19,22)(H2,16,20,23)/b17-11+,18-12+. The van der Waals surface area contributed by atoms with Crippen LogP contribution in [0.2, 0.25) is 0 Å². The molecule has 1 unspecified atom stereocenters. The Bertz CT molecular complexity index is 490. The van der Waals surface area contributed by atoms with Crippen LogP contribution in [0.3, 0.4) is 0 Å². The van der Waals surface area contributed by atoms with Crippen molar-refractivity contribution < 1.29 is 4.74 Å². The van der Waals surface area contributed by atoms with E-state index in [0.717, 1.165) is 43.8 Å². The molecule has 0 spiro atoms. The number of methoxy groups -OCH3 is 1. The van der Waals surface area contributed by atoms with Crippen LogP contribution in [-0.4, -0.2) is 48.6 Å². The molecule has 1 rings (SSSR count). The van der Waals surface area contributed by atoms with Crippen molar-refractivity contribution in [2.24, 2.45) is 26.3 Å². The van der Waals surface area contributed by atoms with E-state index >= 15 is 0 Å². The molecule has 0 bridgehead atoms. The quantitative estimate of drug-likeness (QED) is 0.243. The molecule has 1 fully saturated rings. The molecule has 0 aliphatic heterocycles. The van der Waals surface area contributed by atoms with Gasteiger partial charge in [0.1, 0.15) is 0 Å². The van der Waals surface area contributed by atoms with Crippen molar-refractivity contribution in [2.45, 2.75) is 33.1 Å². The number of nitrogens with one attached hydrogen (secondary N) is 2. The second-order valence-electron chi connectivity index (χ2n) is 4.96. The van der Waals surface area contributed by atoms with Gasteiger partial charge in [-0.15, -0.1) is 35.5 Å². The van der Waals surface area contributed by atoms with Gasteiger partial charge in [-0.3, -0.25) is 0 Å². The summed E-state index contributed by atoms with van der Waals surface area (Å²) in [5.41, 5.74) is 1.70. The Morgan fingerprint density at radius 2 is 1.74 bits per heavy atom. The van der Waals surface area contributed by atoms with Crippen LogP contribution in [0, 0.1) is 5.92 Å². The van der Waals surface area contributed by atoms with Crippen molar-refractivity contribution in [2.75, 3.05) is 26.8 Å². The molecule has 1 atom stereocenters. The largest absolute Gasteiger partial charge is 0.385 e. The molecule has 1 aliphatic rings. The maximum Gasteiger partial charge on any atom is 0.180 e. The highest BCUT2D eigenvalue weighted by Gasteiger charge is 2.29. The van der Waals surface area contributed by atoms with Gasteiger partial charge in [-0.1, -0.05) is 0 Å². The number of ether oxygens (including phenoxy) is 1. The third-order valence-electron chi connectivity index (χ3n) is 3.27. The first-order valence-corrected chi connectivity index (χ1v) is 8.66. The van der Waals surface area contributed by atoms with Crippen molar-refractivity contribution in [3.8, 4) is 0 Å². The minimum atomic E-state index is 0.276. The Kier molecular flexibility index (Phi) is 9.97. The summed E-state index contributed by atoms with van der Waals surface area (Å²) in [7, 11) is 1.70. The van der Waals surface area contributed by atoms with Gasteiger partial charge >= 0.3 is 0 Å². The van der Waals surface area contributed by atoms with Crippen LogP contribution in [0.5, 0.6) is 0 Å². The molecule has 1 saturated carbocycles. The van der Waals surface area contributed by atoms with Crippen LogP contribution < -0.4 is 10.6 Å². The zero-order chi connectivity index (χ0) is 17.1. The molecule has 0 saturated heterocycles. The van der Waals surface area contributed by atoms with Crippen LogP contribution in [0.25, 0.3) is 0 Å². The summed E-state index contributed by atoms with van der Waals surface area (Å²) in [5.74, 6) is 0.276. The lowest BCUT2D eigenvalue weighted by atomic mass is 10.0. The first kappa shape index (κ1) is 20.0. The molecule has 7 nitrogen and oxygen atoms in total. The number of nitrogens with zero attached hydrogens (tertiary/aromatic N) is 4. The topological polar surface area (TPSA) is 82.7 Å². The summed E-state index contributed by atoms with van der Waals surface area (Å²) in [6, 6.07) is 0. The highest BCUT2D eigenvalue weighted by molar-refractivity contribution is 7.97. The Balaban J connectivity index is 2.95. The lowest BCUT2D eigenvalue weighted by Gasteiger charge is -2.08. The Labute approximate surface area is 149 Å². The average molecular weight is 359 g/mol. The fraction of sp³-hybridized carbons (Fsp3) is 0.714. The van der Waals surface area contributed by atoms with Gasteiger partial charge in [-0.2, -0.15) is 10.2 Å². The summed E-state index contributed by atoms with van der Waals surface area (Å²) in [6.45, 7) is 6.14. The van der Waals surface area contributed by atoms with Gasteiger partial charge in [-0.05, 0) is 33.1 Å². The number of hydrogen-bond acceptors (Lipinski definition) is 5. The van der Waals surface area contributed by atoms with Crippen molar-refractivity contribution in [3.05, 3.63) is 0 Å². The third-order valence-corrected chi connectivity index (χ3v) is 3.77. The van der Waals surface area contributed by atoms with Gasteiger partial charge < -0.3 is 15.4 Å². The van der Waals surface area contributed by atoms with Crippen molar-refractivity contribution >= 4 is 47.0 Å². The molecule has 23 heavy (non-hydrogen) atoms. The molecule has 0 heterocycles. The number of hydrogen-bond donors (Lipinski definition) is 4. The molecule has 0 aromatic carbocycles. The molecule has 0 aromatic rings. The van der Waals surface area contributed by atoms with Gasteiger partial charge in [0.15, 0.2) is 10.3 Å². The molecule has 0 amide bonds.